The molecule has 0 aliphatic carbocycles. The van der Waals surface area contributed by atoms with Gasteiger partial charge in [-0.2, -0.15) is 0 Å². The third-order valence-electron chi connectivity index (χ3n) is 3.57. The first-order valence-corrected chi connectivity index (χ1v) is 9.48. The van der Waals surface area contributed by atoms with Crippen LogP contribution in [0, 0.1) is 6.92 Å². The summed E-state index contributed by atoms with van der Waals surface area (Å²) >= 11 is 1.26. The minimum atomic E-state index is -0.394. The second kappa shape index (κ2) is 9.98. The monoisotopic (exact) mass is 376 g/mol. The Morgan fingerprint density at radius 3 is 2.73 bits per heavy atom. The molecule has 0 fully saturated rings. The van der Waals surface area contributed by atoms with Gasteiger partial charge in [0, 0.05) is 18.3 Å². The van der Waals surface area contributed by atoms with Gasteiger partial charge in [-0.3, -0.25) is 9.59 Å². The van der Waals surface area contributed by atoms with Crippen LogP contribution >= 0.6 is 11.8 Å². The van der Waals surface area contributed by atoms with E-state index in [2.05, 4.69) is 21.1 Å². The van der Waals surface area contributed by atoms with Crippen LogP contribution < -0.4 is 16.0 Å². The first-order chi connectivity index (χ1) is 12.5. The lowest BCUT2D eigenvalue weighted by atomic mass is 10.1. The van der Waals surface area contributed by atoms with Crippen molar-refractivity contribution in [3.63, 3.8) is 0 Å². The molecule has 140 valence electrons. The molecule has 26 heavy (non-hydrogen) atoms. The van der Waals surface area contributed by atoms with E-state index in [1.807, 2.05) is 31.2 Å². The van der Waals surface area contributed by atoms with Crippen molar-refractivity contribution in [2.45, 2.75) is 32.6 Å². The predicted octanol–water partition coefficient (Wildman–Crippen LogP) is 2.79. The van der Waals surface area contributed by atoms with Crippen LogP contribution in [0.25, 0.3) is 0 Å². The second-order valence-electron chi connectivity index (χ2n) is 5.75. The van der Waals surface area contributed by atoms with Crippen molar-refractivity contribution in [1.29, 1.82) is 0 Å². The molecule has 0 saturated carbocycles. The molecule has 0 saturated heterocycles. The number of thioether (sulfide) groups is 1. The first-order valence-electron chi connectivity index (χ1n) is 8.43. The number of carbonyl (C=O) groups is 2. The molecule has 0 aliphatic heterocycles. The molecule has 1 aromatic carbocycles. The van der Waals surface area contributed by atoms with E-state index in [1.54, 1.807) is 19.9 Å². The van der Waals surface area contributed by atoms with E-state index in [1.165, 1.54) is 11.8 Å². The summed E-state index contributed by atoms with van der Waals surface area (Å²) in [5.74, 6) is 0.819. The molecule has 0 radical (unpaired) electrons. The van der Waals surface area contributed by atoms with Gasteiger partial charge in [-0.05, 0) is 32.0 Å². The van der Waals surface area contributed by atoms with E-state index >= 15 is 0 Å². The highest BCUT2D eigenvalue weighted by Gasteiger charge is 2.17. The maximum atomic E-state index is 12.2. The first kappa shape index (κ1) is 20.0. The summed E-state index contributed by atoms with van der Waals surface area (Å²) in [6, 6.07) is 9.31. The Balaban J connectivity index is 1.81. The summed E-state index contributed by atoms with van der Waals surface area (Å²) in [4.78, 5) is 24.3. The third-order valence-corrected chi connectivity index (χ3v) is 4.71. The third kappa shape index (κ3) is 6.20. The maximum Gasteiger partial charge on any atom is 0.238 e. The molecule has 3 N–H and O–H groups in total. The molecule has 8 heteroatoms. The molecule has 1 aromatic heterocycles. The molecule has 2 amide bonds. The summed E-state index contributed by atoms with van der Waals surface area (Å²) < 4.78 is 4.91. The van der Waals surface area contributed by atoms with Crippen LogP contribution in [-0.4, -0.2) is 34.5 Å². The van der Waals surface area contributed by atoms with E-state index in [-0.39, 0.29) is 17.6 Å². The van der Waals surface area contributed by atoms with E-state index in [0.29, 0.717) is 18.1 Å². The standard InChI is InChI=1S/C18H24N4O3S/c1-4-19-10-14-7-5-6-8-15(14)20-17(23)11-26-13(3)18(24)21-16-9-12(2)25-22-16/h5-9,13,19H,4,10-11H2,1-3H3,(H,20,23)(H,21,22,24). The van der Waals surface area contributed by atoms with E-state index < -0.39 is 5.25 Å². The summed E-state index contributed by atoms with van der Waals surface area (Å²) in [5.41, 5.74) is 1.81. The number of amides is 2. The Bertz CT molecular complexity index is 748. The SMILES string of the molecule is CCNCc1ccccc1NC(=O)CSC(C)C(=O)Nc1cc(C)on1. The number of anilines is 2. The number of nitrogens with zero attached hydrogens (tertiary/aromatic N) is 1. The summed E-state index contributed by atoms with van der Waals surface area (Å²) in [6.07, 6.45) is 0. The topological polar surface area (TPSA) is 96.3 Å². The second-order valence-corrected chi connectivity index (χ2v) is 7.08. The lowest BCUT2D eigenvalue weighted by Crippen LogP contribution is -2.25. The number of rotatable bonds is 9. The number of nitrogens with one attached hydrogen (secondary N) is 3. The Morgan fingerprint density at radius 2 is 2.04 bits per heavy atom. The molecular formula is C18H24N4O3S. The lowest BCUT2D eigenvalue weighted by Gasteiger charge is -2.13. The van der Waals surface area contributed by atoms with Gasteiger partial charge in [0.15, 0.2) is 5.82 Å². The average molecular weight is 376 g/mol. The maximum absolute atomic E-state index is 12.2. The molecule has 0 spiro atoms. The number of aryl methyl sites for hydroxylation is 1. The Kier molecular flexibility index (Phi) is 7.68. The van der Waals surface area contributed by atoms with Gasteiger partial charge >= 0.3 is 0 Å². The molecule has 1 unspecified atom stereocenters. The van der Waals surface area contributed by atoms with Gasteiger partial charge in [-0.25, -0.2) is 0 Å². The lowest BCUT2D eigenvalue weighted by molar-refractivity contribution is -0.115. The van der Waals surface area contributed by atoms with Crippen molar-refractivity contribution in [2.75, 3.05) is 22.9 Å². The van der Waals surface area contributed by atoms with Crippen molar-refractivity contribution < 1.29 is 14.1 Å². The summed E-state index contributed by atoms with van der Waals surface area (Å²) in [7, 11) is 0. The molecule has 1 atom stereocenters. The number of hydrogen-bond acceptors (Lipinski definition) is 6. The smallest absolute Gasteiger partial charge is 0.238 e. The van der Waals surface area contributed by atoms with Gasteiger partial charge < -0.3 is 20.5 Å². The van der Waals surface area contributed by atoms with Crippen molar-refractivity contribution in [2.24, 2.45) is 0 Å². The summed E-state index contributed by atoms with van der Waals surface area (Å²) in [5, 5.41) is 12.1. The zero-order valence-electron chi connectivity index (χ0n) is 15.2. The molecular weight excluding hydrogens is 352 g/mol. The van der Waals surface area contributed by atoms with Crippen LogP contribution in [0.1, 0.15) is 25.2 Å². The van der Waals surface area contributed by atoms with Gasteiger partial charge in [0.2, 0.25) is 11.8 Å². The zero-order chi connectivity index (χ0) is 18.9. The largest absolute Gasteiger partial charge is 0.360 e. The van der Waals surface area contributed by atoms with Gasteiger partial charge in [-0.1, -0.05) is 30.3 Å². The minimum absolute atomic E-state index is 0.143. The van der Waals surface area contributed by atoms with Gasteiger partial charge in [-0.15, -0.1) is 11.8 Å². The van der Waals surface area contributed by atoms with Gasteiger partial charge in [0.05, 0.1) is 11.0 Å². The normalized spacial score (nSPS) is 11.8. The van der Waals surface area contributed by atoms with Crippen LogP contribution in [0.4, 0.5) is 11.5 Å². The minimum Gasteiger partial charge on any atom is -0.360 e. The molecule has 0 bridgehead atoms. The Labute approximate surface area is 157 Å². The van der Waals surface area contributed by atoms with Crippen LogP contribution in [0.3, 0.4) is 0 Å². The highest BCUT2D eigenvalue weighted by Crippen LogP contribution is 2.17. The highest BCUT2D eigenvalue weighted by molar-refractivity contribution is 8.01. The van der Waals surface area contributed by atoms with Crippen LogP contribution in [0.15, 0.2) is 34.9 Å². The summed E-state index contributed by atoms with van der Waals surface area (Å²) in [6.45, 7) is 7.08. The highest BCUT2D eigenvalue weighted by atomic mass is 32.2. The Hall–Kier alpha value is -2.32. The van der Waals surface area contributed by atoms with Crippen molar-refractivity contribution in [1.82, 2.24) is 10.5 Å². The number of aromatic nitrogens is 1. The fourth-order valence-corrected chi connectivity index (χ4v) is 2.86. The quantitative estimate of drug-likeness (QED) is 0.623. The number of para-hydroxylation sites is 1. The fourth-order valence-electron chi connectivity index (χ4n) is 2.17. The van der Waals surface area contributed by atoms with Crippen molar-refractivity contribution in [3.05, 3.63) is 41.7 Å². The van der Waals surface area contributed by atoms with E-state index in [0.717, 1.165) is 17.8 Å². The molecule has 2 aromatic rings. The Morgan fingerprint density at radius 1 is 1.27 bits per heavy atom. The number of hydrogen-bond donors (Lipinski definition) is 3. The van der Waals surface area contributed by atoms with Crippen LogP contribution in [0.5, 0.6) is 0 Å². The zero-order valence-corrected chi connectivity index (χ0v) is 16.0. The van der Waals surface area contributed by atoms with Gasteiger partial charge in [0.25, 0.3) is 0 Å². The van der Waals surface area contributed by atoms with Crippen molar-refractivity contribution in [3.8, 4) is 0 Å². The molecule has 0 aliphatic rings. The molecule has 1 heterocycles. The molecule has 2 rings (SSSR count). The molecule has 7 nitrogen and oxygen atoms in total. The van der Waals surface area contributed by atoms with Crippen LogP contribution in [-0.2, 0) is 16.1 Å². The fraction of sp³-hybridized carbons (Fsp3) is 0.389. The van der Waals surface area contributed by atoms with Crippen LogP contribution in [0.2, 0.25) is 0 Å². The average Bonchev–Trinajstić information content (AvgIpc) is 3.03. The van der Waals surface area contributed by atoms with E-state index in [9.17, 15) is 9.59 Å². The van der Waals surface area contributed by atoms with Crippen molar-refractivity contribution >= 4 is 35.1 Å². The number of carbonyl (C=O) groups excluding carboxylic acids is 2. The van der Waals surface area contributed by atoms with Gasteiger partial charge in [0.1, 0.15) is 5.76 Å². The predicted molar refractivity (Wildman–Crippen MR) is 104 cm³/mol. The number of benzene rings is 1. The van der Waals surface area contributed by atoms with E-state index in [4.69, 9.17) is 4.52 Å².